The second-order valence-corrected chi connectivity index (χ2v) is 9.96. The van der Waals surface area contributed by atoms with E-state index in [0.717, 1.165) is 16.5 Å². The molecule has 2 aliphatic heterocycles. The Hall–Kier alpha value is -3.99. The molecular weight excluding hydrogens is 507 g/mol. The van der Waals surface area contributed by atoms with Crippen molar-refractivity contribution in [3.05, 3.63) is 65.5 Å². The molecule has 0 saturated carbocycles. The first kappa shape index (κ1) is 28.0. The van der Waals surface area contributed by atoms with Gasteiger partial charge in [-0.1, -0.05) is 30.3 Å². The van der Waals surface area contributed by atoms with Crippen LogP contribution >= 0.6 is 0 Å². The lowest BCUT2D eigenvalue weighted by Gasteiger charge is -2.28. The van der Waals surface area contributed by atoms with Gasteiger partial charge in [-0.25, -0.2) is 9.18 Å². The van der Waals surface area contributed by atoms with E-state index in [4.69, 9.17) is 15.2 Å². The normalized spacial score (nSPS) is 22.9. The van der Waals surface area contributed by atoms with E-state index in [0.29, 0.717) is 13.0 Å². The highest BCUT2D eigenvalue weighted by Gasteiger charge is 2.36. The van der Waals surface area contributed by atoms with Crippen molar-refractivity contribution in [2.45, 2.75) is 44.0 Å². The van der Waals surface area contributed by atoms with Crippen molar-refractivity contribution in [2.75, 3.05) is 33.8 Å². The lowest BCUT2D eigenvalue weighted by Crippen LogP contribution is -2.46. The van der Waals surface area contributed by atoms with Gasteiger partial charge < -0.3 is 29.9 Å². The first-order chi connectivity index (χ1) is 18.6. The van der Waals surface area contributed by atoms with Crippen LogP contribution in [0.2, 0.25) is 0 Å². The van der Waals surface area contributed by atoms with Gasteiger partial charge in [0.25, 0.3) is 5.91 Å². The number of carbonyl (C=O) groups excluding carboxylic acids is 4. The summed E-state index contributed by atoms with van der Waals surface area (Å²) in [5.41, 5.74) is 6.78. The van der Waals surface area contributed by atoms with Gasteiger partial charge in [0.2, 0.25) is 11.8 Å². The summed E-state index contributed by atoms with van der Waals surface area (Å²) in [5, 5.41) is 0. The monoisotopic (exact) mass is 540 g/mol. The minimum atomic E-state index is -1.14. The molecule has 2 aromatic rings. The summed E-state index contributed by atoms with van der Waals surface area (Å²) in [6, 6.07) is 10.8. The molecule has 0 spiro atoms. The van der Waals surface area contributed by atoms with Crippen molar-refractivity contribution in [1.82, 2.24) is 14.7 Å². The molecule has 0 unspecified atom stereocenters. The number of carbonyl (C=O) groups is 4. The number of fused-ring (bicyclic) bond motifs is 2. The molecule has 10 nitrogen and oxygen atoms in total. The predicted molar refractivity (Wildman–Crippen MR) is 139 cm³/mol. The quantitative estimate of drug-likeness (QED) is 0.587. The standard InChI is InChI=1S/C28H33FN4O6/c1-31-15-26(35)33-14-20(30)13-21(33)17-38-24-10-8-19(29)12-22(24)27(36)32(2)23(9-11-25(31)34)28(37)39-16-18-6-4-3-5-7-18/h3-8,10,12,20-21,23H,9,11,13-17,30H2,1-2H3/t20-,21-,23-/m0/s1. The van der Waals surface area contributed by atoms with Gasteiger partial charge in [0.15, 0.2) is 0 Å². The topological polar surface area (TPSA) is 122 Å². The van der Waals surface area contributed by atoms with Crippen molar-refractivity contribution in [3.8, 4) is 5.75 Å². The van der Waals surface area contributed by atoms with Gasteiger partial charge in [0, 0.05) is 33.1 Å². The zero-order valence-corrected chi connectivity index (χ0v) is 22.0. The molecule has 0 bridgehead atoms. The zero-order valence-electron chi connectivity index (χ0n) is 22.0. The predicted octanol–water partition coefficient (Wildman–Crippen LogP) is 1.57. The van der Waals surface area contributed by atoms with Crippen molar-refractivity contribution in [1.29, 1.82) is 0 Å². The molecule has 3 amide bonds. The molecule has 3 atom stereocenters. The zero-order chi connectivity index (χ0) is 28.1. The van der Waals surface area contributed by atoms with Crippen LogP contribution in [0.1, 0.15) is 35.2 Å². The summed E-state index contributed by atoms with van der Waals surface area (Å²) in [5.74, 6) is -2.58. The van der Waals surface area contributed by atoms with Crippen LogP contribution in [-0.4, -0.2) is 90.3 Å². The molecule has 208 valence electrons. The molecule has 2 N–H and O–H groups in total. The van der Waals surface area contributed by atoms with Gasteiger partial charge in [0.1, 0.15) is 30.8 Å². The number of hydrogen-bond acceptors (Lipinski definition) is 7. The van der Waals surface area contributed by atoms with Crippen molar-refractivity contribution >= 4 is 23.7 Å². The number of ether oxygens (including phenoxy) is 2. The van der Waals surface area contributed by atoms with E-state index in [9.17, 15) is 23.6 Å². The lowest BCUT2D eigenvalue weighted by atomic mass is 10.1. The third-order valence-electron chi connectivity index (χ3n) is 7.08. The largest absolute Gasteiger partial charge is 0.491 e. The first-order valence-electron chi connectivity index (χ1n) is 12.8. The van der Waals surface area contributed by atoms with E-state index in [2.05, 4.69) is 0 Å². The number of nitrogens with zero attached hydrogens (tertiary/aromatic N) is 3. The fourth-order valence-electron chi connectivity index (χ4n) is 4.86. The number of likely N-dealkylation sites (N-methyl/N-ethyl adjacent to an activating group) is 2. The summed E-state index contributed by atoms with van der Waals surface area (Å²) in [6.07, 6.45) is 0.293. The second kappa shape index (κ2) is 12.2. The molecule has 0 radical (unpaired) electrons. The third kappa shape index (κ3) is 6.72. The van der Waals surface area contributed by atoms with Gasteiger partial charge in [0.05, 0.1) is 18.2 Å². The van der Waals surface area contributed by atoms with Gasteiger partial charge in [-0.2, -0.15) is 0 Å². The average molecular weight is 541 g/mol. The van der Waals surface area contributed by atoms with E-state index in [1.807, 2.05) is 18.2 Å². The number of nitrogens with two attached hydrogens (primary N) is 1. The molecule has 39 heavy (non-hydrogen) atoms. The van der Waals surface area contributed by atoms with Crippen LogP contribution < -0.4 is 10.5 Å². The fraction of sp³-hybridized carbons (Fsp3) is 0.429. The molecule has 0 aromatic heterocycles. The van der Waals surface area contributed by atoms with Gasteiger partial charge in [-0.05, 0) is 36.6 Å². The third-order valence-corrected chi connectivity index (χ3v) is 7.08. The molecule has 1 fully saturated rings. The SMILES string of the molecule is CN1CC(=O)N2C[C@@H](N)C[C@H]2COc2ccc(F)cc2C(=O)N(C)[C@H](C(=O)OCc2ccccc2)CCC1=O. The van der Waals surface area contributed by atoms with E-state index in [1.54, 1.807) is 17.0 Å². The molecule has 1 saturated heterocycles. The minimum absolute atomic E-state index is 0.0196. The lowest BCUT2D eigenvalue weighted by molar-refractivity contribution is -0.150. The van der Waals surface area contributed by atoms with E-state index in [-0.39, 0.29) is 67.8 Å². The average Bonchev–Trinajstić information content (AvgIpc) is 3.31. The summed E-state index contributed by atoms with van der Waals surface area (Å²) < 4.78 is 25.7. The Morgan fingerprint density at radius 3 is 2.59 bits per heavy atom. The maximum atomic E-state index is 14.3. The number of benzene rings is 2. The van der Waals surface area contributed by atoms with Crippen LogP contribution in [0.5, 0.6) is 5.75 Å². The van der Waals surface area contributed by atoms with Crippen LogP contribution in [-0.2, 0) is 25.7 Å². The molecule has 0 aliphatic carbocycles. The minimum Gasteiger partial charge on any atom is -0.491 e. The summed E-state index contributed by atoms with van der Waals surface area (Å²) in [7, 11) is 2.91. The van der Waals surface area contributed by atoms with E-state index in [1.165, 1.54) is 31.1 Å². The smallest absolute Gasteiger partial charge is 0.329 e. The fourth-order valence-corrected chi connectivity index (χ4v) is 4.86. The summed E-state index contributed by atoms with van der Waals surface area (Å²) in [4.78, 5) is 56.8. The van der Waals surface area contributed by atoms with E-state index < -0.39 is 23.7 Å². The Bertz CT molecular complexity index is 1230. The van der Waals surface area contributed by atoms with E-state index >= 15 is 0 Å². The van der Waals surface area contributed by atoms with Crippen LogP contribution in [0.3, 0.4) is 0 Å². The number of rotatable bonds is 3. The number of amides is 3. The van der Waals surface area contributed by atoms with Gasteiger partial charge in [-0.15, -0.1) is 0 Å². The van der Waals surface area contributed by atoms with Crippen molar-refractivity contribution in [2.24, 2.45) is 5.73 Å². The highest BCUT2D eigenvalue weighted by molar-refractivity contribution is 5.99. The van der Waals surface area contributed by atoms with Gasteiger partial charge in [-0.3, -0.25) is 14.4 Å². The van der Waals surface area contributed by atoms with Crippen molar-refractivity contribution < 1.29 is 33.0 Å². The molecule has 2 aromatic carbocycles. The highest BCUT2D eigenvalue weighted by Crippen LogP contribution is 2.26. The summed E-state index contributed by atoms with van der Waals surface area (Å²) in [6.45, 7) is 0.146. The molecule has 2 aliphatic rings. The number of hydrogen-bond donors (Lipinski definition) is 1. The number of halogens is 1. The first-order valence-corrected chi connectivity index (χ1v) is 12.8. The van der Waals surface area contributed by atoms with Crippen LogP contribution in [0.25, 0.3) is 0 Å². The maximum Gasteiger partial charge on any atom is 0.329 e. The van der Waals surface area contributed by atoms with Crippen molar-refractivity contribution in [3.63, 3.8) is 0 Å². The Labute approximate surface area is 226 Å². The summed E-state index contributed by atoms with van der Waals surface area (Å²) >= 11 is 0. The van der Waals surface area contributed by atoms with Crippen LogP contribution in [0.15, 0.2) is 48.5 Å². The Morgan fingerprint density at radius 1 is 1.10 bits per heavy atom. The van der Waals surface area contributed by atoms with Crippen LogP contribution in [0, 0.1) is 5.82 Å². The molecular formula is C28H33FN4O6. The molecule has 2 heterocycles. The van der Waals surface area contributed by atoms with Crippen LogP contribution in [0.4, 0.5) is 4.39 Å². The Morgan fingerprint density at radius 2 is 1.85 bits per heavy atom. The molecule has 4 rings (SSSR count). The molecule has 11 heteroatoms. The Kier molecular flexibility index (Phi) is 8.80. The maximum absolute atomic E-state index is 14.3. The van der Waals surface area contributed by atoms with Gasteiger partial charge >= 0.3 is 5.97 Å². The number of esters is 1. The second-order valence-electron chi connectivity index (χ2n) is 9.96. The Balaban J connectivity index is 1.64. The highest BCUT2D eigenvalue weighted by atomic mass is 19.1.